The van der Waals surface area contributed by atoms with Crippen LogP contribution in [0, 0.1) is 11.8 Å². The highest BCUT2D eigenvalue weighted by Crippen LogP contribution is 2.44. The molecule has 2 bridgehead atoms. The molecule has 2 aliphatic rings. The quantitative estimate of drug-likeness (QED) is 0.391. The average Bonchev–Trinajstić information content (AvgIpc) is 3.15. The number of rotatable bonds is 13. The molecular formula is C20H35NO3. The van der Waals surface area contributed by atoms with Crippen LogP contribution in [0.25, 0.3) is 0 Å². The normalized spacial score (nSPS) is 28.9. The molecule has 2 fully saturated rings. The highest BCUT2D eigenvalue weighted by Gasteiger charge is 2.47. The van der Waals surface area contributed by atoms with Gasteiger partial charge < -0.3 is 15.2 Å². The Labute approximate surface area is 147 Å². The first kappa shape index (κ1) is 19.5. The van der Waals surface area contributed by atoms with Crippen molar-refractivity contribution in [2.75, 3.05) is 13.1 Å². The zero-order chi connectivity index (χ0) is 17.2. The van der Waals surface area contributed by atoms with Crippen molar-refractivity contribution in [3.05, 3.63) is 12.2 Å². The summed E-state index contributed by atoms with van der Waals surface area (Å²) in [6.07, 6.45) is 16.0. The molecule has 0 aliphatic carbocycles. The Morgan fingerprint density at radius 1 is 1.12 bits per heavy atom. The van der Waals surface area contributed by atoms with Gasteiger partial charge in [-0.25, -0.2) is 0 Å². The maximum absolute atomic E-state index is 10.5. The second kappa shape index (κ2) is 10.9. The number of nitrogens with one attached hydrogen (secondary N) is 1. The van der Waals surface area contributed by atoms with Crippen LogP contribution in [0.3, 0.4) is 0 Å². The molecule has 0 saturated carbocycles. The molecule has 0 aromatic rings. The number of unbranched alkanes of at least 4 members (excludes halogenated alkanes) is 4. The number of aliphatic carboxylic acids is 1. The van der Waals surface area contributed by atoms with E-state index in [0.29, 0.717) is 24.0 Å². The van der Waals surface area contributed by atoms with Gasteiger partial charge >= 0.3 is 5.97 Å². The molecule has 4 heteroatoms. The maximum atomic E-state index is 10.5. The van der Waals surface area contributed by atoms with E-state index in [2.05, 4.69) is 24.4 Å². The van der Waals surface area contributed by atoms with Gasteiger partial charge in [0.1, 0.15) is 0 Å². The van der Waals surface area contributed by atoms with Crippen LogP contribution in [0.15, 0.2) is 12.2 Å². The zero-order valence-corrected chi connectivity index (χ0v) is 15.2. The minimum atomic E-state index is -0.699. The number of fused-ring (bicyclic) bond motifs is 2. The van der Waals surface area contributed by atoms with Gasteiger partial charge in [-0.15, -0.1) is 0 Å². The average molecular weight is 338 g/mol. The molecule has 0 amide bonds. The van der Waals surface area contributed by atoms with E-state index in [-0.39, 0.29) is 6.42 Å². The first-order valence-electron chi connectivity index (χ1n) is 9.95. The maximum Gasteiger partial charge on any atom is 0.303 e. The number of allylic oxidation sites excluding steroid dienone is 2. The number of carbonyl (C=O) groups is 1. The van der Waals surface area contributed by atoms with Crippen molar-refractivity contribution in [2.24, 2.45) is 11.8 Å². The van der Waals surface area contributed by atoms with E-state index < -0.39 is 5.97 Å². The topological polar surface area (TPSA) is 58.6 Å². The molecule has 4 atom stereocenters. The summed E-state index contributed by atoms with van der Waals surface area (Å²) in [7, 11) is 0. The van der Waals surface area contributed by atoms with E-state index in [4.69, 9.17) is 9.84 Å². The minimum absolute atomic E-state index is 0.270. The smallest absolute Gasteiger partial charge is 0.303 e. The monoisotopic (exact) mass is 337 g/mol. The Morgan fingerprint density at radius 2 is 1.92 bits per heavy atom. The van der Waals surface area contributed by atoms with Gasteiger partial charge in [0.2, 0.25) is 0 Å². The van der Waals surface area contributed by atoms with Crippen LogP contribution in [-0.2, 0) is 9.53 Å². The van der Waals surface area contributed by atoms with Crippen LogP contribution in [0.4, 0.5) is 0 Å². The van der Waals surface area contributed by atoms with Crippen molar-refractivity contribution in [1.29, 1.82) is 0 Å². The number of carboxylic acid groups (broad SMARTS) is 1. The van der Waals surface area contributed by atoms with E-state index in [0.717, 1.165) is 32.4 Å². The Hall–Kier alpha value is -0.870. The fourth-order valence-electron chi connectivity index (χ4n) is 4.17. The third-order valence-corrected chi connectivity index (χ3v) is 5.51. The van der Waals surface area contributed by atoms with Crippen LogP contribution >= 0.6 is 0 Å². The summed E-state index contributed by atoms with van der Waals surface area (Å²) in [5.74, 6) is 0.594. The Morgan fingerprint density at radius 3 is 2.67 bits per heavy atom. The molecule has 2 aliphatic heterocycles. The summed E-state index contributed by atoms with van der Waals surface area (Å²) in [6, 6.07) is 0. The SMILES string of the molecule is CCCCCCNC[C@H]1[C@@H](CC=CCCCC(=O)O)[C@H]2CC[C@@H]1O2. The van der Waals surface area contributed by atoms with Crippen molar-refractivity contribution in [3.63, 3.8) is 0 Å². The van der Waals surface area contributed by atoms with Crippen molar-refractivity contribution >= 4 is 5.97 Å². The third-order valence-electron chi connectivity index (χ3n) is 5.51. The molecule has 0 radical (unpaired) electrons. The molecule has 0 aromatic carbocycles. The molecule has 2 heterocycles. The largest absolute Gasteiger partial charge is 0.481 e. The summed E-state index contributed by atoms with van der Waals surface area (Å²) < 4.78 is 6.15. The number of hydrogen-bond acceptors (Lipinski definition) is 3. The second-order valence-electron chi connectivity index (χ2n) is 7.38. The minimum Gasteiger partial charge on any atom is -0.481 e. The summed E-state index contributed by atoms with van der Waals surface area (Å²) in [5.41, 5.74) is 0. The van der Waals surface area contributed by atoms with Crippen molar-refractivity contribution in [1.82, 2.24) is 5.32 Å². The van der Waals surface area contributed by atoms with Gasteiger partial charge in [0.25, 0.3) is 0 Å². The molecule has 0 spiro atoms. The molecule has 2 N–H and O–H groups in total. The molecule has 138 valence electrons. The van der Waals surface area contributed by atoms with Crippen molar-refractivity contribution in [3.8, 4) is 0 Å². The van der Waals surface area contributed by atoms with E-state index in [1.807, 2.05) is 0 Å². The molecule has 0 unspecified atom stereocenters. The summed E-state index contributed by atoms with van der Waals surface area (Å²) >= 11 is 0. The van der Waals surface area contributed by atoms with E-state index in [9.17, 15) is 4.79 Å². The van der Waals surface area contributed by atoms with Gasteiger partial charge in [-0.1, -0.05) is 38.3 Å². The number of carboxylic acids is 1. The van der Waals surface area contributed by atoms with E-state index >= 15 is 0 Å². The standard InChI is InChI=1S/C20H35NO3/c1-2-3-4-9-14-21-15-17-16(18-12-13-19(17)24-18)10-7-5-6-8-11-20(22)23/h5,7,16-19,21H,2-4,6,8-15H2,1H3,(H,22,23)/t16-,17+,18-,19+/m1/s1. The first-order chi connectivity index (χ1) is 11.7. The van der Waals surface area contributed by atoms with Crippen LogP contribution in [0.1, 0.15) is 71.1 Å². The molecule has 2 rings (SSSR count). The fraction of sp³-hybridized carbons (Fsp3) is 0.850. The molecule has 4 nitrogen and oxygen atoms in total. The van der Waals surface area contributed by atoms with Gasteiger partial charge in [-0.05, 0) is 51.0 Å². The van der Waals surface area contributed by atoms with Gasteiger partial charge in [-0.3, -0.25) is 4.79 Å². The van der Waals surface area contributed by atoms with Gasteiger partial charge in [0.05, 0.1) is 12.2 Å². The van der Waals surface area contributed by atoms with Gasteiger partial charge in [0.15, 0.2) is 0 Å². The lowest BCUT2D eigenvalue weighted by Gasteiger charge is -2.27. The highest BCUT2D eigenvalue weighted by molar-refractivity contribution is 5.66. The lowest BCUT2D eigenvalue weighted by Crippen LogP contribution is -2.35. The van der Waals surface area contributed by atoms with Crippen molar-refractivity contribution < 1.29 is 14.6 Å². The first-order valence-corrected chi connectivity index (χ1v) is 9.95. The van der Waals surface area contributed by atoms with Crippen LogP contribution < -0.4 is 5.32 Å². The van der Waals surface area contributed by atoms with Crippen LogP contribution in [0.2, 0.25) is 0 Å². The lowest BCUT2D eigenvalue weighted by atomic mass is 9.77. The Balaban J connectivity index is 1.65. The third kappa shape index (κ3) is 6.21. The molecule has 24 heavy (non-hydrogen) atoms. The van der Waals surface area contributed by atoms with Crippen LogP contribution in [-0.4, -0.2) is 36.4 Å². The van der Waals surface area contributed by atoms with Crippen LogP contribution in [0.5, 0.6) is 0 Å². The lowest BCUT2D eigenvalue weighted by molar-refractivity contribution is -0.137. The number of ether oxygens (including phenoxy) is 1. The highest BCUT2D eigenvalue weighted by atomic mass is 16.5. The Bertz CT molecular complexity index is 396. The molecule has 0 aromatic heterocycles. The molecular weight excluding hydrogens is 302 g/mol. The van der Waals surface area contributed by atoms with E-state index in [1.54, 1.807) is 0 Å². The summed E-state index contributed by atoms with van der Waals surface area (Å²) in [6.45, 7) is 4.47. The fourth-order valence-corrected chi connectivity index (χ4v) is 4.17. The Kier molecular flexibility index (Phi) is 8.82. The molecule has 2 saturated heterocycles. The van der Waals surface area contributed by atoms with E-state index in [1.165, 1.54) is 38.5 Å². The van der Waals surface area contributed by atoms with Gasteiger partial charge in [-0.2, -0.15) is 0 Å². The van der Waals surface area contributed by atoms with Gasteiger partial charge in [0, 0.05) is 18.9 Å². The van der Waals surface area contributed by atoms with Crippen molar-refractivity contribution in [2.45, 2.75) is 83.3 Å². The predicted octanol–water partition coefficient (Wildman–Crippen LogP) is 4.15. The number of hydrogen-bond donors (Lipinski definition) is 2. The second-order valence-corrected chi connectivity index (χ2v) is 7.38. The summed E-state index contributed by atoms with van der Waals surface area (Å²) in [4.78, 5) is 10.5. The summed E-state index contributed by atoms with van der Waals surface area (Å²) in [5, 5.41) is 12.3. The predicted molar refractivity (Wildman–Crippen MR) is 97.1 cm³/mol. The zero-order valence-electron chi connectivity index (χ0n) is 15.2.